The van der Waals surface area contributed by atoms with Crippen LogP contribution in [0, 0.1) is 0 Å². The lowest BCUT2D eigenvalue weighted by atomic mass is 10.4. The molecular formula is C6H7IN4. The van der Waals surface area contributed by atoms with Crippen LogP contribution in [0.2, 0.25) is 0 Å². The Balaban J connectivity index is 0.000001000. The third-order valence-corrected chi connectivity index (χ3v) is 1.12. The summed E-state index contributed by atoms with van der Waals surface area (Å²) in [5.74, 6) is 0. The summed E-state index contributed by atoms with van der Waals surface area (Å²) in [7, 11) is 1.90. The lowest BCUT2D eigenvalue weighted by Crippen LogP contribution is -3.00. The summed E-state index contributed by atoms with van der Waals surface area (Å²) in [6.07, 6.45) is 3.65. The Morgan fingerprint density at radius 1 is 1.45 bits per heavy atom. The van der Waals surface area contributed by atoms with E-state index in [1.165, 1.54) is 0 Å². The Labute approximate surface area is 81.5 Å². The van der Waals surface area contributed by atoms with Crippen LogP contribution in [0.3, 0.4) is 0 Å². The Bertz CT molecular complexity index is 262. The van der Waals surface area contributed by atoms with Gasteiger partial charge in [0, 0.05) is 22.7 Å². The number of pyridine rings is 1. The van der Waals surface area contributed by atoms with Crippen LogP contribution in [-0.2, 0) is 7.05 Å². The monoisotopic (exact) mass is 262 g/mol. The molecule has 1 aromatic rings. The van der Waals surface area contributed by atoms with Gasteiger partial charge in [-0.3, -0.25) is 0 Å². The zero-order valence-corrected chi connectivity index (χ0v) is 8.13. The molecule has 4 nitrogen and oxygen atoms in total. The first-order chi connectivity index (χ1) is 4.83. The van der Waals surface area contributed by atoms with Gasteiger partial charge in [-0.05, 0) is 5.53 Å². The third kappa shape index (κ3) is 3.20. The molecular weight excluding hydrogens is 255 g/mol. The van der Waals surface area contributed by atoms with E-state index in [1.807, 2.05) is 24.0 Å². The van der Waals surface area contributed by atoms with Crippen molar-refractivity contribution in [3.8, 4) is 0 Å². The number of nitrogens with zero attached hydrogens (tertiary/aromatic N) is 4. The normalized spacial score (nSPS) is 7.73. The fraction of sp³-hybridized carbons (Fsp3) is 0.167. The Morgan fingerprint density at radius 2 is 2.00 bits per heavy atom. The molecule has 0 aliphatic carbocycles. The van der Waals surface area contributed by atoms with Gasteiger partial charge in [0.15, 0.2) is 12.4 Å². The maximum Gasteiger partial charge on any atom is 0.168 e. The van der Waals surface area contributed by atoms with Crippen molar-refractivity contribution in [3.63, 3.8) is 0 Å². The molecule has 0 saturated heterocycles. The number of hydrogen-bond donors (Lipinski definition) is 0. The molecule has 11 heavy (non-hydrogen) atoms. The fourth-order valence-corrected chi connectivity index (χ4v) is 0.611. The van der Waals surface area contributed by atoms with Crippen molar-refractivity contribution in [1.82, 2.24) is 0 Å². The quantitative estimate of drug-likeness (QED) is 0.194. The lowest BCUT2D eigenvalue weighted by Gasteiger charge is -1.85. The predicted octanol–water partition coefficient (Wildman–Crippen LogP) is -1.54. The van der Waals surface area contributed by atoms with Crippen molar-refractivity contribution in [2.45, 2.75) is 0 Å². The van der Waals surface area contributed by atoms with Gasteiger partial charge < -0.3 is 24.0 Å². The zero-order chi connectivity index (χ0) is 7.40. The summed E-state index contributed by atoms with van der Waals surface area (Å²) >= 11 is 0. The molecule has 0 fully saturated rings. The van der Waals surface area contributed by atoms with E-state index in [0.29, 0.717) is 5.69 Å². The summed E-state index contributed by atoms with van der Waals surface area (Å²) in [4.78, 5) is 2.65. The van der Waals surface area contributed by atoms with Crippen molar-refractivity contribution in [2.75, 3.05) is 0 Å². The van der Waals surface area contributed by atoms with Crippen LogP contribution in [-0.4, -0.2) is 0 Å². The topological polar surface area (TPSA) is 52.6 Å². The smallest absolute Gasteiger partial charge is 0.168 e. The van der Waals surface area contributed by atoms with E-state index < -0.39 is 0 Å². The molecule has 1 rings (SSSR count). The summed E-state index contributed by atoms with van der Waals surface area (Å²) in [6, 6.07) is 3.50. The maximum atomic E-state index is 8.04. The van der Waals surface area contributed by atoms with E-state index in [2.05, 4.69) is 10.0 Å². The Hall–Kier alpha value is -0.810. The van der Waals surface area contributed by atoms with E-state index in [1.54, 1.807) is 12.1 Å². The molecule has 58 valence electrons. The second-order valence-electron chi connectivity index (χ2n) is 1.91. The van der Waals surface area contributed by atoms with E-state index in [-0.39, 0.29) is 24.0 Å². The number of halogens is 1. The van der Waals surface area contributed by atoms with Crippen molar-refractivity contribution in [3.05, 3.63) is 35.0 Å². The highest BCUT2D eigenvalue weighted by Crippen LogP contribution is 2.06. The van der Waals surface area contributed by atoms with Gasteiger partial charge in [0.25, 0.3) is 0 Å². The highest BCUT2D eigenvalue weighted by Gasteiger charge is 1.89. The van der Waals surface area contributed by atoms with Crippen molar-refractivity contribution in [2.24, 2.45) is 12.2 Å². The fourth-order valence-electron chi connectivity index (χ4n) is 0.611. The molecule has 1 aromatic heterocycles. The van der Waals surface area contributed by atoms with Crippen LogP contribution in [0.4, 0.5) is 5.69 Å². The maximum absolute atomic E-state index is 8.04. The average Bonchev–Trinajstić information content (AvgIpc) is 1.95. The summed E-state index contributed by atoms with van der Waals surface area (Å²) in [5, 5.41) is 3.42. The Kier molecular flexibility index (Phi) is 4.56. The first kappa shape index (κ1) is 10.2. The zero-order valence-electron chi connectivity index (χ0n) is 5.98. The van der Waals surface area contributed by atoms with E-state index in [4.69, 9.17) is 5.53 Å². The van der Waals surface area contributed by atoms with Gasteiger partial charge in [0.1, 0.15) is 7.05 Å². The predicted molar refractivity (Wildman–Crippen MR) is 36.4 cm³/mol. The molecule has 0 bridgehead atoms. The number of aryl methyl sites for hydroxylation is 1. The van der Waals surface area contributed by atoms with E-state index in [9.17, 15) is 0 Å². The molecule has 5 heteroatoms. The molecule has 0 radical (unpaired) electrons. The highest BCUT2D eigenvalue weighted by atomic mass is 127. The molecule has 0 aliphatic heterocycles. The number of rotatable bonds is 1. The second kappa shape index (κ2) is 4.92. The van der Waals surface area contributed by atoms with Crippen LogP contribution in [0.15, 0.2) is 29.6 Å². The largest absolute Gasteiger partial charge is 1.00 e. The minimum atomic E-state index is 0. The molecule has 0 saturated carbocycles. The van der Waals surface area contributed by atoms with Crippen LogP contribution >= 0.6 is 0 Å². The van der Waals surface area contributed by atoms with Crippen molar-refractivity contribution < 1.29 is 28.5 Å². The van der Waals surface area contributed by atoms with Gasteiger partial charge in [-0.15, -0.1) is 0 Å². The summed E-state index contributed by atoms with van der Waals surface area (Å²) in [5.41, 5.74) is 8.68. The molecule has 1 heterocycles. The third-order valence-electron chi connectivity index (χ3n) is 1.12. The van der Waals surface area contributed by atoms with Gasteiger partial charge >= 0.3 is 0 Å². The minimum Gasteiger partial charge on any atom is -1.00 e. The van der Waals surface area contributed by atoms with Gasteiger partial charge in [0.05, 0.1) is 0 Å². The molecule has 0 N–H and O–H groups in total. The number of azide groups is 1. The number of aromatic nitrogens is 1. The molecule has 0 amide bonds. The van der Waals surface area contributed by atoms with Gasteiger partial charge in [0.2, 0.25) is 0 Å². The Morgan fingerprint density at radius 3 is 2.45 bits per heavy atom. The summed E-state index contributed by atoms with van der Waals surface area (Å²) < 4.78 is 1.87. The highest BCUT2D eigenvalue weighted by molar-refractivity contribution is 5.31. The van der Waals surface area contributed by atoms with E-state index >= 15 is 0 Å². The van der Waals surface area contributed by atoms with Gasteiger partial charge in [-0.1, -0.05) is 5.11 Å². The molecule has 0 unspecified atom stereocenters. The van der Waals surface area contributed by atoms with Crippen LogP contribution < -0.4 is 28.5 Å². The van der Waals surface area contributed by atoms with Gasteiger partial charge in [-0.25, -0.2) is 4.57 Å². The first-order valence-corrected chi connectivity index (χ1v) is 2.83. The molecule has 0 aromatic carbocycles. The SMILES string of the molecule is C[n+]1ccc(N=[N+]=[N-])cc1.[I-]. The van der Waals surface area contributed by atoms with Crippen molar-refractivity contribution in [1.29, 1.82) is 0 Å². The standard InChI is InChI=1S/C6H7N4.HI/c1-10-4-2-6(3-5-10)8-9-7;/h2-5H,1H3;1H/q+1;/p-1. The van der Waals surface area contributed by atoms with Crippen LogP contribution in [0.1, 0.15) is 0 Å². The van der Waals surface area contributed by atoms with E-state index in [0.717, 1.165) is 0 Å². The van der Waals surface area contributed by atoms with Crippen LogP contribution in [0.25, 0.3) is 10.4 Å². The first-order valence-electron chi connectivity index (χ1n) is 2.83. The van der Waals surface area contributed by atoms with Crippen molar-refractivity contribution >= 4 is 5.69 Å². The van der Waals surface area contributed by atoms with Gasteiger partial charge in [-0.2, -0.15) is 0 Å². The molecule has 0 spiro atoms. The van der Waals surface area contributed by atoms with Crippen LogP contribution in [0.5, 0.6) is 0 Å². The minimum absolute atomic E-state index is 0. The summed E-state index contributed by atoms with van der Waals surface area (Å²) in [6.45, 7) is 0. The lowest BCUT2D eigenvalue weighted by molar-refractivity contribution is -0.671. The number of hydrogen-bond acceptors (Lipinski definition) is 1. The average molecular weight is 262 g/mol. The molecule has 0 atom stereocenters. The molecule has 0 aliphatic rings. The second-order valence-corrected chi connectivity index (χ2v) is 1.91.